The third-order valence-corrected chi connectivity index (χ3v) is 6.76. The summed E-state index contributed by atoms with van der Waals surface area (Å²) in [6, 6.07) is 7.92. The van der Waals surface area contributed by atoms with Crippen molar-refractivity contribution in [1.82, 2.24) is 29.8 Å². The molecule has 216 valence electrons. The maximum absolute atomic E-state index is 13.7. The highest BCUT2D eigenvalue weighted by Crippen LogP contribution is 2.32. The van der Waals surface area contributed by atoms with Crippen molar-refractivity contribution in [2.24, 2.45) is 0 Å². The van der Waals surface area contributed by atoms with Gasteiger partial charge in [-0.25, -0.2) is 24.0 Å². The van der Waals surface area contributed by atoms with Gasteiger partial charge in [-0.15, -0.1) is 0 Å². The third-order valence-electron chi connectivity index (χ3n) is 6.76. The van der Waals surface area contributed by atoms with Gasteiger partial charge in [-0.2, -0.15) is 5.10 Å². The van der Waals surface area contributed by atoms with Crippen LogP contribution in [0.4, 0.5) is 16.3 Å². The number of rotatable bonds is 9. The predicted octanol–water partition coefficient (Wildman–Crippen LogP) is 3.79. The number of anilines is 2. The van der Waals surface area contributed by atoms with Crippen LogP contribution in [0.15, 0.2) is 55.2 Å². The summed E-state index contributed by atoms with van der Waals surface area (Å²) >= 11 is 0. The summed E-state index contributed by atoms with van der Waals surface area (Å²) in [6.07, 6.45) is 6.11. The maximum atomic E-state index is 13.7. The zero-order chi connectivity index (χ0) is 29.8. The van der Waals surface area contributed by atoms with Crippen molar-refractivity contribution in [3.8, 4) is 0 Å². The highest BCUT2D eigenvalue weighted by Gasteiger charge is 2.40. The second-order valence-electron chi connectivity index (χ2n) is 9.69. The Morgan fingerprint density at radius 1 is 1.05 bits per heavy atom. The van der Waals surface area contributed by atoms with Crippen molar-refractivity contribution in [3.63, 3.8) is 0 Å². The normalized spacial score (nSPS) is 12.5. The van der Waals surface area contributed by atoms with Gasteiger partial charge in [0.25, 0.3) is 11.8 Å². The molecule has 2 N–H and O–H groups in total. The summed E-state index contributed by atoms with van der Waals surface area (Å²) in [5.74, 6) is -1.03. The largest absolute Gasteiger partial charge is 0.424 e. The fraction of sp³-hybridized carbons (Fsp3) is 0.276. The Morgan fingerprint density at radius 3 is 2.52 bits per heavy atom. The number of nitrogens with one attached hydrogen (secondary N) is 2. The van der Waals surface area contributed by atoms with Crippen LogP contribution in [0.5, 0.6) is 0 Å². The number of imide groups is 1. The second-order valence-corrected chi connectivity index (χ2v) is 9.69. The van der Waals surface area contributed by atoms with E-state index in [-0.39, 0.29) is 23.1 Å². The standard InChI is InChI=1S/C29H29N7O6/c1-4-31-26(37)20-6-5-17(2)23(13-20)34-25-24-18(3)22(14-35(24)33-15-32-25)27(38)36(21-7-8-21)29(40)42-16-41-28(39)19-9-11-30-12-10-19/h5-6,9-15,21H,4,7-8,16H2,1-3H3,(H,31,37)(H,32,33,34). The summed E-state index contributed by atoms with van der Waals surface area (Å²) in [5, 5.41) is 10.3. The molecule has 0 radical (unpaired) electrons. The number of amides is 3. The molecule has 4 aromatic rings. The number of esters is 1. The Morgan fingerprint density at radius 2 is 1.81 bits per heavy atom. The minimum absolute atomic E-state index is 0.195. The van der Waals surface area contributed by atoms with Crippen molar-refractivity contribution in [3.05, 3.63) is 83.1 Å². The molecule has 0 spiro atoms. The number of aryl methyl sites for hydroxylation is 2. The van der Waals surface area contributed by atoms with Crippen LogP contribution >= 0.6 is 0 Å². The Bertz CT molecular complexity index is 1670. The zero-order valence-electron chi connectivity index (χ0n) is 23.3. The van der Waals surface area contributed by atoms with Gasteiger partial charge in [0.15, 0.2) is 5.82 Å². The number of fused-ring (bicyclic) bond motifs is 1. The van der Waals surface area contributed by atoms with Crippen LogP contribution in [0, 0.1) is 13.8 Å². The quantitative estimate of drug-likeness (QED) is 0.224. The number of hydrogen-bond acceptors (Lipinski definition) is 10. The van der Waals surface area contributed by atoms with Crippen molar-refractivity contribution in [1.29, 1.82) is 0 Å². The summed E-state index contributed by atoms with van der Waals surface area (Å²) < 4.78 is 11.7. The number of aromatic nitrogens is 4. The summed E-state index contributed by atoms with van der Waals surface area (Å²) in [6.45, 7) is 5.34. The third kappa shape index (κ3) is 5.89. The van der Waals surface area contributed by atoms with E-state index in [0.29, 0.717) is 47.5 Å². The lowest BCUT2D eigenvalue weighted by atomic mass is 10.1. The van der Waals surface area contributed by atoms with Crippen LogP contribution in [0.2, 0.25) is 0 Å². The number of ether oxygens (including phenoxy) is 2. The van der Waals surface area contributed by atoms with Gasteiger partial charge in [0.2, 0.25) is 6.79 Å². The Balaban J connectivity index is 1.36. The molecule has 3 heterocycles. The van der Waals surface area contributed by atoms with Gasteiger partial charge in [-0.05, 0) is 69.0 Å². The molecule has 13 nitrogen and oxygen atoms in total. The molecule has 1 aliphatic carbocycles. The van der Waals surface area contributed by atoms with Gasteiger partial charge < -0.3 is 20.1 Å². The van der Waals surface area contributed by atoms with Crippen molar-refractivity contribution in [2.45, 2.75) is 39.7 Å². The number of carbonyl (C=O) groups excluding carboxylic acids is 4. The molecule has 0 saturated heterocycles. The fourth-order valence-corrected chi connectivity index (χ4v) is 4.39. The van der Waals surface area contributed by atoms with E-state index >= 15 is 0 Å². The Hall–Kier alpha value is -5.33. The monoisotopic (exact) mass is 571 g/mol. The topological polar surface area (TPSA) is 157 Å². The molecule has 1 aliphatic rings. The number of benzene rings is 1. The molecule has 13 heteroatoms. The lowest BCUT2D eigenvalue weighted by Crippen LogP contribution is -2.39. The molecule has 3 aromatic heterocycles. The van der Waals surface area contributed by atoms with E-state index in [9.17, 15) is 19.2 Å². The first-order valence-electron chi connectivity index (χ1n) is 13.3. The first-order valence-corrected chi connectivity index (χ1v) is 13.3. The minimum atomic E-state index is -0.915. The predicted molar refractivity (Wildman–Crippen MR) is 150 cm³/mol. The van der Waals surface area contributed by atoms with E-state index in [4.69, 9.17) is 9.47 Å². The SMILES string of the molecule is CCNC(=O)c1ccc(C)c(Nc2ncnn3cc(C(=O)N(C(=O)OCOC(=O)c4ccncc4)C4CC4)c(C)c23)c1. The smallest absolute Gasteiger partial charge is 0.419 e. The number of carbonyl (C=O) groups is 4. The molecular formula is C29H29N7O6. The minimum Gasteiger partial charge on any atom is -0.424 e. The molecule has 0 aliphatic heterocycles. The van der Waals surface area contributed by atoms with Crippen LogP contribution in [-0.2, 0) is 9.47 Å². The molecule has 1 saturated carbocycles. The van der Waals surface area contributed by atoms with E-state index in [1.54, 1.807) is 19.1 Å². The Labute approximate surface area is 240 Å². The maximum Gasteiger partial charge on any atom is 0.419 e. The Kier molecular flexibility index (Phi) is 8.09. The highest BCUT2D eigenvalue weighted by atomic mass is 16.7. The average Bonchev–Trinajstić information content (AvgIpc) is 3.76. The van der Waals surface area contributed by atoms with E-state index in [1.807, 2.05) is 19.9 Å². The van der Waals surface area contributed by atoms with Crippen LogP contribution in [0.25, 0.3) is 5.52 Å². The lowest BCUT2D eigenvalue weighted by molar-refractivity contribution is -0.0110. The summed E-state index contributed by atoms with van der Waals surface area (Å²) in [7, 11) is 0. The molecule has 1 aromatic carbocycles. The second kappa shape index (κ2) is 12.0. The van der Waals surface area contributed by atoms with Crippen LogP contribution in [0.1, 0.15) is 62.0 Å². The highest BCUT2D eigenvalue weighted by molar-refractivity contribution is 6.06. The van der Waals surface area contributed by atoms with Gasteiger partial charge in [-0.1, -0.05) is 6.07 Å². The van der Waals surface area contributed by atoms with Crippen LogP contribution in [-0.4, -0.2) is 67.7 Å². The first kappa shape index (κ1) is 28.2. The number of hydrogen-bond donors (Lipinski definition) is 2. The summed E-state index contributed by atoms with van der Waals surface area (Å²) in [5.41, 5.74) is 3.60. The molecule has 0 unspecified atom stereocenters. The molecule has 3 amide bonds. The van der Waals surface area contributed by atoms with E-state index < -0.39 is 24.8 Å². The number of nitrogens with zero attached hydrogens (tertiary/aromatic N) is 5. The molecular weight excluding hydrogens is 542 g/mol. The summed E-state index contributed by atoms with van der Waals surface area (Å²) in [4.78, 5) is 60.4. The molecule has 0 atom stereocenters. The van der Waals surface area contributed by atoms with Crippen molar-refractivity contribution >= 4 is 40.9 Å². The fourth-order valence-electron chi connectivity index (χ4n) is 4.39. The van der Waals surface area contributed by atoms with Gasteiger partial charge >= 0.3 is 12.1 Å². The van der Waals surface area contributed by atoms with Crippen LogP contribution < -0.4 is 10.6 Å². The first-order chi connectivity index (χ1) is 20.3. The van der Waals surface area contributed by atoms with Crippen molar-refractivity contribution < 1.29 is 28.7 Å². The zero-order valence-corrected chi connectivity index (χ0v) is 23.3. The molecule has 0 bridgehead atoms. The van der Waals surface area contributed by atoms with E-state index in [0.717, 1.165) is 10.5 Å². The van der Waals surface area contributed by atoms with E-state index in [1.165, 1.54) is 41.6 Å². The average molecular weight is 572 g/mol. The molecule has 42 heavy (non-hydrogen) atoms. The molecule has 1 fully saturated rings. The van der Waals surface area contributed by atoms with E-state index in [2.05, 4.69) is 25.7 Å². The van der Waals surface area contributed by atoms with Gasteiger partial charge in [-0.3, -0.25) is 14.6 Å². The molecule has 5 rings (SSSR count). The van der Waals surface area contributed by atoms with Gasteiger partial charge in [0.1, 0.15) is 11.8 Å². The van der Waals surface area contributed by atoms with Crippen molar-refractivity contribution in [2.75, 3.05) is 18.7 Å². The lowest BCUT2D eigenvalue weighted by Gasteiger charge is -2.19. The number of pyridine rings is 1. The van der Waals surface area contributed by atoms with Crippen LogP contribution in [0.3, 0.4) is 0 Å². The van der Waals surface area contributed by atoms with Gasteiger partial charge in [0.05, 0.1) is 11.1 Å². The van der Waals surface area contributed by atoms with Gasteiger partial charge in [0, 0.05) is 42.4 Å².